The molecule has 5 nitrogen and oxygen atoms in total. The number of nitrogens with zero attached hydrogens (tertiary/aromatic N) is 2. The summed E-state index contributed by atoms with van der Waals surface area (Å²) >= 11 is 0. The lowest BCUT2D eigenvalue weighted by Crippen LogP contribution is -2.42. The van der Waals surface area contributed by atoms with Crippen molar-refractivity contribution in [2.24, 2.45) is 5.92 Å². The molecule has 2 amide bonds. The van der Waals surface area contributed by atoms with E-state index < -0.39 is 0 Å². The normalized spacial score (nSPS) is 15.1. The molecule has 1 aliphatic rings. The second kappa shape index (κ2) is 7.81. The molecule has 1 aromatic heterocycles. The van der Waals surface area contributed by atoms with E-state index in [1.807, 2.05) is 48.2 Å². The molecular formula is C19H23N3O2. The SMILES string of the molecule is Cc1cnccc1NC(=O)N1CCC(COc2ccccc2)CC1. The molecule has 0 radical (unpaired) electrons. The Labute approximate surface area is 142 Å². The molecule has 3 rings (SSSR count). The van der Waals surface area contributed by atoms with Crippen molar-refractivity contribution in [1.29, 1.82) is 0 Å². The summed E-state index contributed by atoms with van der Waals surface area (Å²) in [6.45, 7) is 4.18. The van der Waals surface area contributed by atoms with Crippen molar-refractivity contribution in [3.8, 4) is 5.75 Å². The van der Waals surface area contributed by atoms with Crippen molar-refractivity contribution in [2.75, 3.05) is 25.0 Å². The standard InChI is InChI=1S/C19H23N3O2/c1-15-13-20-10-7-18(15)21-19(23)22-11-8-16(9-12-22)14-24-17-5-3-2-4-6-17/h2-7,10,13,16H,8-9,11-12,14H2,1H3,(H,20,21,23). The van der Waals surface area contributed by atoms with E-state index in [4.69, 9.17) is 4.74 Å². The van der Waals surface area contributed by atoms with E-state index in [0.29, 0.717) is 12.5 Å². The Balaban J connectivity index is 1.44. The van der Waals surface area contributed by atoms with Crippen LogP contribution in [0.25, 0.3) is 0 Å². The summed E-state index contributed by atoms with van der Waals surface area (Å²) in [6.07, 6.45) is 5.38. The first kappa shape index (κ1) is 16.3. The molecule has 0 unspecified atom stereocenters. The lowest BCUT2D eigenvalue weighted by molar-refractivity contribution is 0.152. The van der Waals surface area contributed by atoms with E-state index in [1.165, 1.54) is 0 Å². The van der Waals surface area contributed by atoms with Gasteiger partial charge in [-0.25, -0.2) is 4.79 Å². The molecule has 0 aliphatic carbocycles. The number of hydrogen-bond donors (Lipinski definition) is 1. The summed E-state index contributed by atoms with van der Waals surface area (Å²) < 4.78 is 5.83. The molecule has 1 fully saturated rings. The second-order valence-corrected chi connectivity index (χ2v) is 6.18. The number of carbonyl (C=O) groups excluding carboxylic acids is 1. The van der Waals surface area contributed by atoms with Gasteiger partial charge in [0.15, 0.2) is 0 Å². The third kappa shape index (κ3) is 4.25. The van der Waals surface area contributed by atoms with Crippen LogP contribution in [0.2, 0.25) is 0 Å². The Hall–Kier alpha value is -2.56. The quantitative estimate of drug-likeness (QED) is 0.932. The molecule has 0 spiro atoms. The van der Waals surface area contributed by atoms with Gasteiger partial charge in [-0.1, -0.05) is 18.2 Å². The fourth-order valence-electron chi connectivity index (χ4n) is 2.84. The van der Waals surface area contributed by atoms with E-state index in [1.54, 1.807) is 12.4 Å². The highest BCUT2D eigenvalue weighted by molar-refractivity contribution is 5.90. The van der Waals surface area contributed by atoms with Gasteiger partial charge in [-0.2, -0.15) is 0 Å². The highest BCUT2D eigenvalue weighted by atomic mass is 16.5. The molecular weight excluding hydrogens is 302 g/mol. The van der Waals surface area contributed by atoms with Gasteiger partial charge in [0.05, 0.1) is 6.61 Å². The first-order valence-electron chi connectivity index (χ1n) is 8.37. The molecule has 1 N–H and O–H groups in total. The summed E-state index contributed by atoms with van der Waals surface area (Å²) in [5.74, 6) is 1.41. The maximum atomic E-state index is 12.4. The smallest absolute Gasteiger partial charge is 0.321 e. The first-order valence-corrected chi connectivity index (χ1v) is 8.37. The number of carbonyl (C=O) groups is 1. The summed E-state index contributed by atoms with van der Waals surface area (Å²) in [5.41, 5.74) is 1.79. The number of nitrogens with one attached hydrogen (secondary N) is 1. The maximum absolute atomic E-state index is 12.4. The topological polar surface area (TPSA) is 54.5 Å². The van der Waals surface area contributed by atoms with Crippen molar-refractivity contribution in [1.82, 2.24) is 9.88 Å². The number of amides is 2. The summed E-state index contributed by atoms with van der Waals surface area (Å²) in [4.78, 5) is 18.3. The van der Waals surface area contributed by atoms with Gasteiger partial charge in [0.25, 0.3) is 0 Å². The van der Waals surface area contributed by atoms with E-state index in [-0.39, 0.29) is 6.03 Å². The average molecular weight is 325 g/mol. The largest absolute Gasteiger partial charge is 0.493 e. The molecule has 0 bridgehead atoms. The first-order chi connectivity index (χ1) is 11.7. The van der Waals surface area contributed by atoms with Crippen molar-refractivity contribution in [3.05, 3.63) is 54.4 Å². The number of piperidine rings is 1. The van der Waals surface area contributed by atoms with E-state index >= 15 is 0 Å². The Morgan fingerprint density at radius 1 is 1.25 bits per heavy atom. The highest BCUT2D eigenvalue weighted by Gasteiger charge is 2.23. The molecule has 0 atom stereocenters. The Bertz CT molecular complexity index is 667. The fraction of sp³-hybridized carbons (Fsp3) is 0.368. The van der Waals surface area contributed by atoms with Crippen LogP contribution in [-0.4, -0.2) is 35.6 Å². The molecule has 1 aliphatic heterocycles. The van der Waals surface area contributed by atoms with Crippen LogP contribution in [0.4, 0.5) is 10.5 Å². The molecule has 2 heterocycles. The molecule has 1 saturated heterocycles. The van der Waals surface area contributed by atoms with Crippen LogP contribution in [-0.2, 0) is 0 Å². The van der Waals surface area contributed by atoms with Crippen LogP contribution in [0.3, 0.4) is 0 Å². The minimum atomic E-state index is -0.0354. The second-order valence-electron chi connectivity index (χ2n) is 6.18. The highest BCUT2D eigenvalue weighted by Crippen LogP contribution is 2.20. The summed E-state index contributed by atoms with van der Waals surface area (Å²) in [6, 6.07) is 11.7. The Morgan fingerprint density at radius 3 is 2.71 bits per heavy atom. The van der Waals surface area contributed by atoms with E-state index in [9.17, 15) is 4.79 Å². The zero-order valence-corrected chi connectivity index (χ0v) is 13.9. The Kier molecular flexibility index (Phi) is 5.31. The van der Waals surface area contributed by atoms with Crippen molar-refractivity contribution < 1.29 is 9.53 Å². The van der Waals surface area contributed by atoms with Crippen LogP contribution >= 0.6 is 0 Å². The van der Waals surface area contributed by atoms with Gasteiger partial charge in [0, 0.05) is 31.2 Å². The van der Waals surface area contributed by atoms with Gasteiger partial charge in [0.1, 0.15) is 5.75 Å². The van der Waals surface area contributed by atoms with Crippen molar-refractivity contribution in [2.45, 2.75) is 19.8 Å². The molecule has 2 aromatic rings. The molecule has 0 saturated carbocycles. The number of urea groups is 1. The number of ether oxygens (including phenoxy) is 1. The third-order valence-corrected chi connectivity index (χ3v) is 4.39. The third-order valence-electron chi connectivity index (χ3n) is 4.39. The zero-order chi connectivity index (χ0) is 16.8. The van der Waals surface area contributed by atoms with Gasteiger partial charge >= 0.3 is 6.03 Å². The lowest BCUT2D eigenvalue weighted by atomic mass is 9.98. The van der Waals surface area contributed by atoms with Gasteiger partial charge < -0.3 is 15.0 Å². The van der Waals surface area contributed by atoms with Crippen LogP contribution in [0, 0.1) is 12.8 Å². The monoisotopic (exact) mass is 325 g/mol. The van der Waals surface area contributed by atoms with Gasteiger partial charge in [-0.05, 0) is 49.4 Å². The molecule has 24 heavy (non-hydrogen) atoms. The van der Waals surface area contributed by atoms with Crippen LogP contribution in [0.15, 0.2) is 48.8 Å². The number of pyridine rings is 1. The molecule has 1 aromatic carbocycles. The van der Waals surface area contributed by atoms with Crippen LogP contribution in [0.1, 0.15) is 18.4 Å². The van der Waals surface area contributed by atoms with Crippen LogP contribution < -0.4 is 10.1 Å². The molecule has 5 heteroatoms. The van der Waals surface area contributed by atoms with Crippen LogP contribution in [0.5, 0.6) is 5.75 Å². The average Bonchev–Trinajstić information content (AvgIpc) is 2.63. The minimum absolute atomic E-state index is 0.0354. The number of likely N-dealkylation sites (tertiary alicyclic amines) is 1. The number of para-hydroxylation sites is 1. The van der Waals surface area contributed by atoms with E-state index in [0.717, 1.165) is 42.9 Å². The minimum Gasteiger partial charge on any atom is -0.493 e. The van der Waals surface area contributed by atoms with Gasteiger partial charge in [0.2, 0.25) is 0 Å². The summed E-state index contributed by atoms with van der Waals surface area (Å²) in [5, 5.41) is 2.97. The number of benzene rings is 1. The zero-order valence-electron chi connectivity index (χ0n) is 13.9. The number of anilines is 1. The van der Waals surface area contributed by atoms with Crippen molar-refractivity contribution >= 4 is 11.7 Å². The number of hydrogen-bond acceptors (Lipinski definition) is 3. The predicted molar refractivity (Wildman–Crippen MR) is 94.2 cm³/mol. The van der Waals surface area contributed by atoms with Gasteiger partial charge in [-0.3, -0.25) is 4.98 Å². The maximum Gasteiger partial charge on any atom is 0.321 e. The fourth-order valence-corrected chi connectivity index (χ4v) is 2.84. The lowest BCUT2D eigenvalue weighted by Gasteiger charge is -2.32. The summed E-state index contributed by atoms with van der Waals surface area (Å²) in [7, 11) is 0. The molecule has 126 valence electrons. The van der Waals surface area contributed by atoms with Gasteiger partial charge in [-0.15, -0.1) is 0 Å². The van der Waals surface area contributed by atoms with E-state index in [2.05, 4.69) is 10.3 Å². The number of aromatic nitrogens is 1. The number of rotatable bonds is 4. The number of aryl methyl sites for hydroxylation is 1. The van der Waals surface area contributed by atoms with Crippen molar-refractivity contribution in [3.63, 3.8) is 0 Å². The Morgan fingerprint density at radius 2 is 2.00 bits per heavy atom. The predicted octanol–water partition coefficient (Wildman–Crippen LogP) is 3.71.